The van der Waals surface area contributed by atoms with Gasteiger partial charge in [0, 0.05) is 16.5 Å². The Hall–Kier alpha value is -1.46. The van der Waals surface area contributed by atoms with Crippen LogP contribution in [0.1, 0.15) is 54.2 Å². The van der Waals surface area contributed by atoms with E-state index in [2.05, 4.69) is 59.5 Å². The first-order valence-electron chi connectivity index (χ1n) is 8.52. The molecule has 130 valence electrons. The number of hydrogen-bond donors (Lipinski definition) is 1. The summed E-state index contributed by atoms with van der Waals surface area (Å²) in [5, 5.41) is 1.10. The second-order valence-corrected chi connectivity index (χ2v) is 8.67. The van der Waals surface area contributed by atoms with E-state index < -0.39 is 0 Å². The predicted molar refractivity (Wildman–Crippen MR) is 99.3 cm³/mol. The Morgan fingerprint density at radius 3 is 2.12 bits per heavy atom. The van der Waals surface area contributed by atoms with E-state index in [-0.39, 0.29) is 23.7 Å². The molecule has 3 rings (SSSR count). The zero-order valence-corrected chi connectivity index (χ0v) is 16.0. The number of benzene rings is 1. The second kappa shape index (κ2) is 5.27. The number of fused-ring (bicyclic) bond motifs is 1. The van der Waals surface area contributed by atoms with E-state index in [0.717, 1.165) is 22.1 Å². The highest BCUT2D eigenvalue weighted by atomic mass is 16.7. The number of aromatic nitrogens is 1. The molecule has 1 aliphatic rings. The van der Waals surface area contributed by atoms with E-state index in [9.17, 15) is 0 Å². The summed E-state index contributed by atoms with van der Waals surface area (Å²) in [6.45, 7) is 14.9. The Kier molecular flexibility index (Phi) is 3.81. The fourth-order valence-electron chi connectivity index (χ4n) is 2.96. The minimum Gasteiger partial charge on any atom is -0.495 e. The van der Waals surface area contributed by atoms with Crippen molar-refractivity contribution in [2.24, 2.45) is 0 Å². The van der Waals surface area contributed by atoms with E-state index >= 15 is 0 Å². The number of ether oxygens (including phenoxy) is 1. The summed E-state index contributed by atoms with van der Waals surface area (Å²) in [4.78, 5) is 3.52. The zero-order valence-electron chi connectivity index (χ0n) is 16.0. The van der Waals surface area contributed by atoms with Gasteiger partial charge in [0.1, 0.15) is 5.75 Å². The molecule has 0 radical (unpaired) electrons. The maximum atomic E-state index is 6.25. The molecule has 0 atom stereocenters. The van der Waals surface area contributed by atoms with Crippen LogP contribution in [0.3, 0.4) is 0 Å². The second-order valence-electron chi connectivity index (χ2n) is 8.67. The van der Waals surface area contributed by atoms with Crippen LogP contribution in [-0.2, 0) is 14.7 Å². The monoisotopic (exact) mass is 329 g/mol. The first kappa shape index (κ1) is 17.4. The Morgan fingerprint density at radius 1 is 1.04 bits per heavy atom. The van der Waals surface area contributed by atoms with Crippen molar-refractivity contribution in [1.29, 1.82) is 0 Å². The molecular weight excluding hydrogens is 301 g/mol. The molecule has 1 aliphatic heterocycles. The third-order valence-corrected chi connectivity index (χ3v) is 5.32. The van der Waals surface area contributed by atoms with E-state index in [1.54, 1.807) is 7.11 Å². The van der Waals surface area contributed by atoms with Gasteiger partial charge in [-0.05, 0) is 45.3 Å². The number of H-pyrrole nitrogens is 1. The van der Waals surface area contributed by atoms with E-state index in [4.69, 9.17) is 14.0 Å². The molecule has 1 N–H and O–H groups in total. The average Bonchev–Trinajstić information content (AvgIpc) is 2.97. The van der Waals surface area contributed by atoms with E-state index in [1.165, 1.54) is 5.69 Å². The largest absolute Gasteiger partial charge is 0.495 e. The highest BCUT2D eigenvalue weighted by Gasteiger charge is 2.52. The van der Waals surface area contributed by atoms with Crippen LogP contribution in [0.2, 0.25) is 0 Å². The van der Waals surface area contributed by atoms with Crippen molar-refractivity contribution in [2.45, 2.75) is 65.1 Å². The van der Waals surface area contributed by atoms with Gasteiger partial charge in [0.2, 0.25) is 0 Å². The van der Waals surface area contributed by atoms with Crippen LogP contribution in [0.15, 0.2) is 18.2 Å². The van der Waals surface area contributed by atoms with Crippen molar-refractivity contribution in [3.63, 3.8) is 0 Å². The van der Waals surface area contributed by atoms with E-state index in [0.29, 0.717) is 0 Å². The molecule has 0 spiro atoms. The van der Waals surface area contributed by atoms with Gasteiger partial charge in [0.05, 0.1) is 23.8 Å². The van der Waals surface area contributed by atoms with Gasteiger partial charge in [-0.15, -0.1) is 0 Å². The van der Waals surface area contributed by atoms with Crippen molar-refractivity contribution in [3.05, 3.63) is 23.9 Å². The Morgan fingerprint density at radius 2 is 1.62 bits per heavy atom. The smallest absolute Gasteiger partial charge is 0.495 e. The quantitative estimate of drug-likeness (QED) is 0.853. The third-order valence-electron chi connectivity index (χ3n) is 5.32. The first-order chi connectivity index (χ1) is 11.0. The lowest BCUT2D eigenvalue weighted by Crippen LogP contribution is -2.41. The maximum Gasteiger partial charge on any atom is 0.495 e. The molecule has 2 aromatic rings. The first-order valence-corrected chi connectivity index (χ1v) is 8.52. The molecule has 0 unspecified atom stereocenters. The molecule has 24 heavy (non-hydrogen) atoms. The molecule has 1 aromatic heterocycles. The Balaban J connectivity index is 2.15. The predicted octanol–water partition coefficient (Wildman–Crippen LogP) is 3.77. The topological polar surface area (TPSA) is 43.5 Å². The minimum absolute atomic E-state index is 0.0250. The van der Waals surface area contributed by atoms with Crippen molar-refractivity contribution >= 4 is 23.5 Å². The van der Waals surface area contributed by atoms with Crippen LogP contribution in [0.4, 0.5) is 0 Å². The number of methoxy groups -OCH3 is 1. The van der Waals surface area contributed by atoms with Crippen LogP contribution >= 0.6 is 0 Å². The van der Waals surface area contributed by atoms with Gasteiger partial charge in [-0.3, -0.25) is 0 Å². The minimum atomic E-state index is -0.382. The van der Waals surface area contributed by atoms with Crippen LogP contribution in [0.25, 0.3) is 10.9 Å². The Bertz CT molecular complexity index is 755. The molecule has 4 nitrogen and oxygen atoms in total. The highest BCUT2D eigenvalue weighted by molar-refractivity contribution is 6.65. The fraction of sp³-hybridized carbons (Fsp3) is 0.579. The molecule has 0 bridgehead atoms. The van der Waals surface area contributed by atoms with Crippen LogP contribution in [-0.4, -0.2) is 30.4 Å². The van der Waals surface area contributed by atoms with Gasteiger partial charge in [0.15, 0.2) is 0 Å². The number of nitrogens with one attached hydrogen (secondary N) is 1. The lowest BCUT2D eigenvalue weighted by Gasteiger charge is -2.32. The summed E-state index contributed by atoms with van der Waals surface area (Å²) in [7, 11) is 1.31. The van der Waals surface area contributed by atoms with Crippen molar-refractivity contribution in [2.75, 3.05) is 7.11 Å². The molecular formula is C19H28BNO3. The maximum absolute atomic E-state index is 6.25. The summed E-state index contributed by atoms with van der Waals surface area (Å²) in [6.07, 6.45) is 0. The van der Waals surface area contributed by atoms with Gasteiger partial charge in [-0.25, -0.2) is 0 Å². The summed E-state index contributed by atoms with van der Waals surface area (Å²) in [5.41, 5.74) is 2.52. The van der Waals surface area contributed by atoms with Gasteiger partial charge in [-0.2, -0.15) is 0 Å². The standard InChI is InChI=1S/C19H28BNO3/c1-17(2,3)15-11-12-13(9-10-14(22-8)16(12)21-15)20-23-18(4,5)19(6,7)24-20/h9-11,21H,1-8H3. The fourth-order valence-corrected chi connectivity index (χ4v) is 2.96. The zero-order chi connectivity index (χ0) is 17.9. The molecule has 1 fully saturated rings. The summed E-state index contributed by atoms with van der Waals surface area (Å²) in [6, 6.07) is 6.22. The number of hydrogen-bond acceptors (Lipinski definition) is 3. The van der Waals surface area contributed by atoms with Crippen LogP contribution in [0.5, 0.6) is 5.75 Å². The highest BCUT2D eigenvalue weighted by Crippen LogP contribution is 2.38. The van der Waals surface area contributed by atoms with Crippen LogP contribution < -0.4 is 10.2 Å². The molecule has 0 amide bonds. The summed E-state index contributed by atoms with van der Waals surface area (Å²) < 4.78 is 18.0. The molecule has 1 aromatic carbocycles. The third kappa shape index (κ3) is 2.64. The van der Waals surface area contributed by atoms with Gasteiger partial charge < -0.3 is 19.0 Å². The summed E-state index contributed by atoms with van der Waals surface area (Å²) >= 11 is 0. The molecule has 0 aliphatic carbocycles. The van der Waals surface area contributed by atoms with Crippen molar-refractivity contribution < 1.29 is 14.0 Å². The van der Waals surface area contributed by atoms with E-state index in [1.807, 2.05) is 12.1 Å². The SMILES string of the molecule is COc1ccc(B2OC(C)(C)C(C)(C)O2)c2cc(C(C)(C)C)[nH]c12. The average molecular weight is 329 g/mol. The van der Waals surface area contributed by atoms with Gasteiger partial charge >= 0.3 is 7.12 Å². The Labute approximate surface area is 145 Å². The van der Waals surface area contributed by atoms with Crippen molar-refractivity contribution in [1.82, 2.24) is 4.98 Å². The lowest BCUT2D eigenvalue weighted by atomic mass is 9.76. The number of aromatic amines is 1. The lowest BCUT2D eigenvalue weighted by molar-refractivity contribution is 0.00578. The van der Waals surface area contributed by atoms with Gasteiger partial charge in [-0.1, -0.05) is 26.8 Å². The number of rotatable bonds is 2. The molecule has 1 saturated heterocycles. The molecule has 0 saturated carbocycles. The van der Waals surface area contributed by atoms with Crippen LogP contribution in [0, 0.1) is 0 Å². The summed E-state index contributed by atoms with van der Waals surface area (Å²) in [5.74, 6) is 0.834. The van der Waals surface area contributed by atoms with Gasteiger partial charge in [0.25, 0.3) is 0 Å². The molecule has 2 heterocycles. The van der Waals surface area contributed by atoms with Crippen molar-refractivity contribution in [3.8, 4) is 5.75 Å². The normalized spacial score (nSPS) is 19.9. The molecule has 5 heteroatoms.